The van der Waals surface area contributed by atoms with Crippen molar-refractivity contribution in [2.75, 3.05) is 5.32 Å². The smallest absolute Gasteiger partial charge is 0.237 e. The molecule has 2 heterocycles. The van der Waals surface area contributed by atoms with E-state index < -0.39 is 0 Å². The normalized spacial score (nSPS) is 12.4. The highest BCUT2D eigenvalue weighted by Gasteiger charge is 2.19. The zero-order valence-corrected chi connectivity index (χ0v) is 15.3. The van der Waals surface area contributed by atoms with Gasteiger partial charge in [-0.3, -0.25) is 9.20 Å². The molecule has 0 fully saturated rings. The number of amides is 1. The van der Waals surface area contributed by atoms with Crippen molar-refractivity contribution in [1.29, 1.82) is 0 Å². The number of rotatable bonds is 4. The van der Waals surface area contributed by atoms with Crippen LogP contribution in [0.5, 0.6) is 0 Å². The molecule has 2 aromatic carbocycles. The van der Waals surface area contributed by atoms with Crippen LogP contribution in [-0.2, 0) is 4.79 Å². The van der Waals surface area contributed by atoms with Crippen LogP contribution in [-0.4, -0.2) is 25.8 Å². The number of nitrogens with zero attached hydrogens (tertiary/aromatic N) is 3. The van der Waals surface area contributed by atoms with Crippen LogP contribution in [0.15, 0.2) is 65.8 Å². The summed E-state index contributed by atoms with van der Waals surface area (Å²) in [5.74, 6) is -0.0594. The molecule has 130 valence electrons. The van der Waals surface area contributed by atoms with E-state index in [9.17, 15) is 4.79 Å². The predicted octanol–water partition coefficient (Wildman–Crippen LogP) is 4.31. The van der Waals surface area contributed by atoms with E-state index in [1.54, 1.807) is 0 Å². The fraction of sp³-hybridized carbons (Fsp3) is 0.150. The van der Waals surface area contributed by atoms with E-state index in [1.807, 2.05) is 72.8 Å². The van der Waals surface area contributed by atoms with E-state index in [-0.39, 0.29) is 11.2 Å². The number of carbonyl (C=O) groups excluding carboxylic acids is 1. The Labute approximate surface area is 155 Å². The summed E-state index contributed by atoms with van der Waals surface area (Å²) in [5, 5.41) is 13.0. The second kappa shape index (κ2) is 6.80. The number of para-hydroxylation sites is 1. The lowest BCUT2D eigenvalue weighted by molar-refractivity contribution is -0.115. The monoisotopic (exact) mass is 362 g/mol. The van der Waals surface area contributed by atoms with Crippen LogP contribution < -0.4 is 5.32 Å². The Hall–Kier alpha value is -2.86. The second-order valence-corrected chi connectivity index (χ2v) is 7.49. The van der Waals surface area contributed by atoms with Crippen LogP contribution in [0.1, 0.15) is 12.5 Å². The Bertz CT molecular complexity index is 1090. The second-order valence-electron chi connectivity index (χ2n) is 6.18. The van der Waals surface area contributed by atoms with E-state index in [0.29, 0.717) is 5.16 Å². The molecule has 6 heteroatoms. The van der Waals surface area contributed by atoms with Crippen LogP contribution in [0.2, 0.25) is 0 Å². The zero-order valence-electron chi connectivity index (χ0n) is 14.5. The minimum absolute atomic E-state index is 0.0594. The van der Waals surface area contributed by atoms with Gasteiger partial charge in [-0.05, 0) is 49.6 Å². The fourth-order valence-electron chi connectivity index (χ4n) is 2.78. The number of thioether (sulfide) groups is 1. The predicted molar refractivity (Wildman–Crippen MR) is 106 cm³/mol. The molecular weight excluding hydrogens is 344 g/mol. The third-order valence-electron chi connectivity index (χ3n) is 4.22. The van der Waals surface area contributed by atoms with Crippen LogP contribution in [0.4, 0.5) is 5.69 Å². The minimum Gasteiger partial charge on any atom is -0.325 e. The minimum atomic E-state index is -0.303. The summed E-state index contributed by atoms with van der Waals surface area (Å²) in [6.07, 6.45) is 0. The Morgan fingerprint density at radius 2 is 1.81 bits per heavy atom. The van der Waals surface area contributed by atoms with Gasteiger partial charge in [0, 0.05) is 5.69 Å². The molecule has 2 aromatic heterocycles. The van der Waals surface area contributed by atoms with Gasteiger partial charge in [-0.2, -0.15) is 0 Å². The molecule has 5 nitrogen and oxygen atoms in total. The molecular formula is C20H18N4OS. The van der Waals surface area contributed by atoms with Crippen molar-refractivity contribution in [3.05, 3.63) is 66.2 Å². The molecule has 0 aliphatic rings. The molecule has 0 aliphatic heterocycles. The maximum atomic E-state index is 12.5. The Kier molecular flexibility index (Phi) is 4.34. The lowest BCUT2D eigenvalue weighted by atomic mass is 10.2. The van der Waals surface area contributed by atoms with Crippen molar-refractivity contribution in [3.8, 4) is 0 Å². The summed E-state index contributed by atoms with van der Waals surface area (Å²) in [5.41, 5.74) is 3.76. The number of pyridine rings is 1. The molecule has 4 rings (SSSR count). The quantitative estimate of drug-likeness (QED) is 0.550. The van der Waals surface area contributed by atoms with Gasteiger partial charge in [0.25, 0.3) is 0 Å². The molecule has 0 saturated carbocycles. The van der Waals surface area contributed by atoms with Crippen molar-refractivity contribution < 1.29 is 4.79 Å². The topological polar surface area (TPSA) is 59.3 Å². The molecule has 1 N–H and O–H groups in total. The first-order valence-electron chi connectivity index (χ1n) is 8.39. The molecule has 0 unspecified atom stereocenters. The Morgan fingerprint density at radius 3 is 2.62 bits per heavy atom. The average molecular weight is 362 g/mol. The standard InChI is InChI=1S/C20H18N4OS/c1-13-7-10-16(11-8-13)21-19(25)14(2)26-20-23-22-18-12-9-15-5-3-4-6-17(15)24(18)20/h3-12,14H,1-2H3,(H,21,25)/t14-/m1/s1. The van der Waals surface area contributed by atoms with Crippen LogP contribution in [0.3, 0.4) is 0 Å². The molecule has 0 radical (unpaired) electrons. The molecule has 0 saturated heterocycles. The van der Waals surface area contributed by atoms with E-state index in [4.69, 9.17) is 0 Å². The summed E-state index contributed by atoms with van der Waals surface area (Å²) in [7, 11) is 0. The van der Waals surface area contributed by atoms with E-state index in [2.05, 4.69) is 21.6 Å². The fourth-order valence-corrected chi connectivity index (χ4v) is 3.65. The number of fused-ring (bicyclic) bond motifs is 3. The highest BCUT2D eigenvalue weighted by molar-refractivity contribution is 8.00. The zero-order chi connectivity index (χ0) is 18.1. The van der Waals surface area contributed by atoms with Gasteiger partial charge in [0.15, 0.2) is 10.8 Å². The maximum absolute atomic E-state index is 12.5. The van der Waals surface area contributed by atoms with Crippen LogP contribution in [0.25, 0.3) is 16.6 Å². The highest BCUT2D eigenvalue weighted by Crippen LogP contribution is 2.26. The summed E-state index contributed by atoms with van der Waals surface area (Å²) in [4.78, 5) is 12.5. The lowest BCUT2D eigenvalue weighted by Crippen LogP contribution is -2.22. The van der Waals surface area contributed by atoms with Crippen molar-refractivity contribution in [2.45, 2.75) is 24.3 Å². The van der Waals surface area contributed by atoms with Crippen molar-refractivity contribution in [3.63, 3.8) is 0 Å². The number of anilines is 1. The van der Waals surface area contributed by atoms with Gasteiger partial charge in [-0.15, -0.1) is 10.2 Å². The van der Waals surface area contributed by atoms with E-state index >= 15 is 0 Å². The number of aryl methyl sites for hydroxylation is 1. The van der Waals surface area contributed by atoms with Crippen LogP contribution in [0, 0.1) is 6.92 Å². The third kappa shape index (κ3) is 3.15. The summed E-state index contributed by atoms with van der Waals surface area (Å²) >= 11 is 1.40. The van der Waals surface area contributed by atoms with Gasteiger partial charge in [-0.1, -0.05) is 47.7 Å². The third-order valence-corrected chi connectivity index (χ3v) is 5.26. The highest BCUT2D eigenvalue weighted by atomic mass is 32.2. The Morgan fingerprint density at radius 1 is 1.04 bits per heavy atom. The summed E-state index contributed by atoms with van der Waals surface area (Å²) in [6, 6.07) is 19.8. The number of hydrogen-bond donors (Lipinski definition) is 1. The number of carbonyl (C=O) groups is 1. The van der Waals surface area contributed by atoms with Gasteiger partial charge < -0.3 is 5.32 Å². The van der Waals surface area contributed by atoms with Crippen molar-refractivity contribution >= 4 is 39.9 Å². The lowest BCUT2D eigenvalue weighted by Gasteiger charge is -2.12. The molecule has 0 aliphatic carbocycles. The molecule has 1 atom stereocenters. The molecule has 1 amide bonds. The van der Waals surface area contributed by atoms with Gasteiger partial charge in [0.05, 0.1) is 10.8 Å². The average Bonchev–Trinajstić information content (AvgIpc) is 3.07. The van der Waals surface area contributed by atoms with Crippen LogP contribution >= 0.6 is 11.8 Å². The number of nitrogens with one attached hydrogen (secondary N) is 1. The summed E-state index contributed by atoms with van der Waals surface area (Å²) < 4.78 is 2.00. The number of benzene rings is 2. The maximum Gasteiger partial charge on any atom is 0.237 e. The first kappa shape index (κ1) is 16.6. The SMILES string of the molecule is Cc1ccc(NC(=O)[C@@H](C)Sc2nnc3ccc4ccccc4n23)cc1. The van der Waals surface area contributed by atoms with Gasteiger partial charge in [-0.25, -0.2) is 0 Å². The van der Waals surface area contributed by atoms with Crippen molar-refractivity contribution in [2.24, 2.45) is 0 Å². The first-order chi connectivity index (χ1) is 12.6. The molecule has 26 heavy (non-hydrogen) atoms. The number of aromatic nitrogens is 3. The molecule has 0 spiro atoms. The van der Waals surface area contributed by atoms with Crippen molar-refractivity contribution in [1.82, 2.24) is 14.6 Å². The largest absolute Gasteiger partial charge is 0.325 e. The molecule has 4 aromatic rings. The van der Waals surface area contributed by atoms with E-state index in [0.717, 1.165) is 27.8 Å². The van der Waals surface area contributed by atoms with Gasteiger partial charge >= 0.3 is 0 Å². The van der Waals surface area contributed by atoms with E-state index in [1.165, 1.54) is 11.8 Å². The first-order valence-corrected chi connectivity index (χ1v) is 9.27. The van der Waals surface area contributed by atoms with Gasteiger partial charge in [0.2, 0.25) is 5.91 Å². The molecule has 0 bridgehead atoms. The Balaban J connectivity index is 1.59. The summed E-state index contributed by atoms with van der Waals surface area (Å²) in [6.45, 7) is 3.89. The van der Waals surface area contributed by atoms with Gasteiger partial charge in [0.1, 0.15) is 0 Å². The number of hydrogen-bond acceptors (Lipinski definition) is 4.